The Kier molecular flexibility index (Phi) is 3.73. The highest BCUT2D eigenvalue weighted by atomic mass is 19.1. The normalized spacial score (nSPS) is 20.9. The second kappa shape index (κ2) is 5.70. The molecule has 4 nitrogen and oxygen atoms in total. The molecule has 0 amide bonds. The Bertz CT molecular complexity index is 744. The molecular formula is C16H13F2N3O. The molecule has 0 bridgehead atoms. The first-order valence-electron chi connectivity index (χ1n) is 6.84. The number of nitrogens with zero attached hydrogens (tertiary/aromatic N) is 3. The molecule has 0 aliphatic carbocycles. The topological polar surface area (TPSA) is 60.2 Å². The van der Waals surface area contributed by atoms with Gasteiger partial charge in [-0.1, -0.05) is 0 Å². The van der Waals surface area contributed by atoms with Crippen LogP contribution < -0.4 is 4.90 Å². The summed E-state index contributed by atoms with van der Waals surface area (Å²) in [6.45, 7) is 0.252. The maximum Gasteiger partial charge on any atom is 0.130 e. The van der Waals surface area contributed by atoms with E-state index < -0.39 is 23.8 Å². The van der Waals surface area contributed by atoms with Gasteiger partial charge in [0.25, 0.3) is 0 Å². The van der Waals surface area contributed by atoms with Crippen LogP contribution in [0.25, 0.3) is 0 Å². The molecule has 0 spiro atoms. The Hall–Kier alpha value is -2.52. The fraction of sp³-hybridized carbons (Fsp3) is 0.250. The molecule has 112 valence electrons. The number of nitriles is 1. The summed E-state index contributed by atoms with van der Waals surface area (Å²) in [5, 5.41) is 18.9. The van der Waals surface area contributed by atoms with E-state index in [0.717, 1.165) is 18.2 Å². The number of aliphatic hydroxyl groups excluding tert-OH is 1. The third kappa shape index (κ3) is 2.63. The van der Waals surface area contributed by atoms with Crippen LogP contribution >= 0.6 is 0 Å². The summed E-state index contributed by atoms with van der Waals surface area (Å²) in [6.07, 6.45) is 1.09. The van der Waals surface area contributed by atoms with Crippen LogP contribution in [0.1, 0.15) is 23.6 Å². The predicted molar refractivity (Wildman–Crippen MR) is 76.0 cm³/mol. The van der Waals surface area contributed by atoms with E-state index in [2.05, 4.69) is 4.98 Å². The molecule has 22 heavy (non-hydrogen) atoms. The predicted octanol–water partition coefficient (Wildman–Crippen LogP) is 2.54. The molecule has 1 N–H and O–H groups in total. The van der Waals surface area contributed by atoms with E-state index in [1.165, 1.54) is 6.20 Å². The van der Waals surface area contributed by atoms with Crippen LogP contribution in [0.15, 0.2) is 36.5 Å². The zero-order valence-electron chi connectivity index (χ0n) is 11.6. The largest absolute Gasteiger partial charge is 0.391 e. The lowest BCUT2D eigenvalue weighted by molar-refractivity contribution is 0.194. The van der Waals surface area contributed by atoms with Gasteiger partial charge in [-0.25, -0.2) is 13.8 Å². The van der Waals surface area contributed by atoms with Crippen molar-refractivity contribution in [2.75, 3.05) is 11.4 Å². The molecule has 2 heterocycles. The van der Waals surface area contributed by atoms with Crippen LogP contribution in [0.3, 0.4) is 0 Å². The molecule has 2 aromatic rings. The second-order valence-corrected chi connectivity index (χ2v) is 5.24. The fourth-order valence-electron chi connectivity index (χ4n) is 2.78. The van der Waals surface area contributed by atoms with Gasteiger partial charge in [0.1, 0.15) is 17.5 Å². The second-order valence-electron chi connectivity index (χ2n) is 5.24. The molecule has 1 aliphatic rings. The van der Waals surface area contributed by atoms with E-state index in [0.29, 0.717) is 11.4 Å². The average Bonchev–Trinajstić information content (AvgIpc) is 2.91. The van der Waals surface area contributed by atoms with E-state index in [1.807, 2.05) is 6.07 Å². The first-order valence-corrected chi connectivity index (χ1v) is 6.84. The van der Waals surface area contributed by atoms with Crippen molar-refractivity contribution in [3.05, 3.63) is 59.3 Å². The van der Waals surface area contributed by atoms with Crippen molar-refractivity contribution < 1.29 is 13.9 Å². The van der Waals surface area contributed by atoms with Crippen molar-refractivity contribution in [2.24, 2.45) is 0 Å². The number of hydrogen-bond donors (Lipinski definition) is 1. The maximum absolute atomic E-state index is 14.0. The zero-order valence-corrected chi connectivity index (χ0v) is 11.6. The third-order valence-corrected chi connectivity index (χ3v) is 3.76. The van der Waals surface area contributed by atoms with E-state index >= 15 is 0 Å². The lowest BCUT2D eigenvalue weighted by Gasteiger charge is -2.26. The van der Waals surface area contributed by atoms with Crippen LogP contribution in [0.4, 0.5) is 14.6 Å². The van der Waals surface area contributed by atoms with Crippen LogP contribution in [0.2, 0.25) is 0 Å². The highest BCUT2D eigenvalue weighted by molar-refractivity contribution is 5.49. The lowest BCUT2D eigenvalue weighted by atomic mass is 10.0. The number of pyridine rings is 1. The summed E-state index contributed by atoms with van der Waals surface area (Å²) in [4.78, 5) is 5.88. The van der Waals surface area contributed by atoms with E-state index in [1.54, 1.807) is 17.0 Å². The number of aromatic nitrogens is 1. The van der Waals surface area contributed by atoms with E-state index in [9.17, 15) is 13.9 Å². The minimum Gasteiger partial charge on any atom is -0.391 e. The number of benzene rings is 1. The Labute approximate surface area is 126 Å². The quantitative estimate of drug-likeness (QED) is 0.926. The van der Waals surface area contributed by atoms with Crippen molar-refractivity contribution in [3.63, 3.8) is 0 Å². The monoisotopic (exact) mass is 301 g/mol. The van der Waals surface area contributed by atoms with Gasteiger partial charge in [-0.2, -0.15) is 5.26 Å². The van der Waals surface area contributed by atoms with Crippen LogP contribution in [0, 0.1) is 23.0 Å². The standard InChI is InChI=1S/C16H13F2N3O/c17-11-1-2-14(18)13(6-11)15-7-12(22)9-21(15)16-5-10(8-19)3-4-20-16/h1-6,12,15,22H,7,9H2/t12-,15+/m1/s1. The number of rotatable bonds is 2. The molecule has 2 atom stereocenters. The Morgan fingerprint density at radius 3 is 2.86 bits per heavy atom. The van der Waals surface area contributed by atoms with Crippen molar-refractivity contribution in [1.82, 2.24) is 4.98 Å². The van der Waals surface area contributed by atoms with Crippen LogP contribution in [-0.4, -0.2) is 22.7 Å². The number of β-amino-alcohol motifs (C(OH)–C–C–N with tert-alkyl or cyclic N) is 1. The minimum absolute atomic E-state index is 0.181. The summed E-state index contributed by atoms with van der Waals surface area (Å²) < 4.78 is 27.5. The Morgan fingerprint density at radius 2 is 2.09 bits per heavy atom. The number of hydrogen-bond acceptors (Lipinski definition) is 4. The molecule has 1 aromatic heterocycles. The highest BCUT2D eigenvalue weighted by Gasteiger charge is 2.34. The number of halogens is 2. The molecule has 0 radical (unpaired) electrons. The molecule has 1 fully saturated rings. The van der Waals surface area contributed by atoms with Gasteiger partial charge >= 0.3 is 0 Å². The van der Waals surface area contributed by atoms with Gasteiger partial charge in [0.2, 0.25) is 0 Å². The van der Waals surface area contributed by atoms with E-state index in [-0.39, 0.29) is 18.5 Å². The number of anilines is 1. The lowest BCUT2D eigenvalue weighted by Crippen LogP contribution is -2.25. The van der Waals surface area contributed by atoms with Gasteiger partial charge in [-0.15, -0.1) is 0 Å². The maximum atomic E-state index is 14.0. The molecule has 6 heteroatoms. The summed E-state index contributed by atoms with van der Waals surface area (Å²) in [5.74, 6) is -0.595. The summed E-state index contributed by atoms with van der Waals surface area (Å²) in [7, 11) is 0. The first kappa shape index (κ1) is 14.4. The third-order valence-electron chi connectivity index (χ3n) is 3.76. The molecule has 3 rings (SSSR count). The fourth-order valence-corrected chi connectivity index (χ4v) is 2.78. The molecule has 1 aliphatic heterocycles. The smallest absolute Gasteiger partial charge is 0.130 e. The Balaban J connectivity index is 2.02. The van der Waals surface area contributed by atoms with Crippen molar-refractivity contribution in [3.8, 4) is 6.07 Å². The van der Waals surface area contributed by atoms with Gasteiger partial charge in [-0.05, 0) is 36.8 Å². The molecule has 0 saturated carbocycles. The van der Waals surface area contributed by atoms with Gasteiger partial charge in [0, 0.05) is 18.3 Å². The number of aliphatic hydroxyl groups is 1. The van der Waals surface area contributed by atoms with Crippen LogP contribution in [-0.2, 0) is 0 Å². The summed E-state index contributed by atoms with van der Waals surface area (Å²) >= 11 is 0. The van der Waals surface area contributed by atoms with Gasteiger partial charge in [-0.3, -0.25) is 0 Å². The van der Waals surface area contributed by atoms with E-state index in [4.69, 9.17) is 5.26 Å². The van der Waals surface area contributed by atoms with Gasteiger partial charge in [0.05, 0.1) is 23.8 Å². The SMILES string of the molecule is N#Cc1ccnc(N2C[C@H](O)C[C@H]2c2cc(F)ccc2F)c1. The van der Waals surface area contributed by atoms with Crippen molar-refractivity contribution in [1.29, 1.82) is 5.26 Å². The van der Waals surface area contributed by atoms with Gasteiger partial charge < -0.3 is 10.0 Å². The molecule has 0 unspecified atom stereocenters. The molecule has 1 saturated heterocycles. The van der Waals surface area contributed by atoms with Crippen molar-refractivity contribution >= 4 is 5.82 Å². The summed E-state index contributed by atoms with van der Waals surface area (Å²) in [6, 6.07) is 7.90. The Morgan fingerprint density at radius 1 is 1.27 bits per heavy atom. The zero-order chi connectivity index (χ0) is 15.7. The molecular weight excluding hydrogens is 288 g/mol. The van der Waals surface area contributed by atoms with Crippen molar-refractivity contribution in [2.45, 2.75) is 18.6 Å². The molecule has 1 aromatic carbocycles. The van der Waals surface area contributed by atoms with Crippen LogP contribution in [0.5, 0.6) is 0 Å². The highest BCUT2D eigenvalue weighted by Crippen LogP contribution is 2.36. The minimum atomic E-state index is -0.666. The van der Waals surface area contributed by atoms with Gasteiger partial charge in [0.15, 0.2) is 0 Å². The first-order chi connectivity index (χ1) is 10.6. The summed E-state index contributed by atoms with van der Waals surface area (Å²) in [5.41, 5.74) is 0.602. The average molecular weight is 301 g/mol.